The summed E-state index contributed by atoms with van der Waals surface area (Å²) in [7, 11) is -1.89. The van der Waals surface area contributed by atoms with Gasteiger partial charge in [0.2, 0.25) is 0 Å². The molecule has 2 heterocycles. The maximum Gasteiger partial charge on any atom is 4.00 e. The minimum Gasteiger partial charge on any atom is -1.00 e. The average Bonchev–Trinajstić information content (AvgIpc) is 3.23. The summed E-state index contributed by atoms with van der Waals surface area (Å²) in [5.41, 5.74) is 2.94. The van der Waals surface area contributed by atoms with E-state index in [0.29, 0.717) is 0 Å². The first-order valence-electron chi connectivity index (χ1n) is 12.1. The Hall–Kier alpha value is 0.857. The van der Waals surface area contributed by atoms with Gasteiger partial charge in [0, 0.05) is 16.1 Å². The number of halogens is 2. The molecule has 0 aromatic carbocycles. The van der Waals surface area contributed by atoms with E-state index in [9.17, 15) is 0 Å². The fraction of sp³-hybridized carbons (Fsp3) is 0.692. The van der Waals surface area contributed by atoms with Crippen molar-refractivity contribution in [1.29, 1.82) is 0 Å². The standard InChI is InChI=1S/2C13H21Si.2ClH.Zr/c2*1-3-4-8-14(9-5-10-14)13-7-6-12(2)11-13;;;/h2*7H,3-6,8-10H2,1-2H3;2*1H;/q2*-1;;;+4/p-2. The average molecular weight is 573 g/mol. The van der Waals surface area contributed by atoms with Crippen LogP contribution in [-0.2, 0) is 26.2 Å². The topological polar surface area (TPSA) is 0 Å². The van der Waals surface area contributed by atoms with Crippen LogP contribution < -0.4 is 24.8 Å². The van der Waals surface area contributed by atoms with Crippen molar-refractivity contribution in [3.63, 3.8) is 0 Å². The van der Waals surface area contributed by atoms with E-state index in [4.69, 9.17) is 0 Å². The first kappa shape index (κ1) is 31.9. The van der Waals surface area contributed by atoms with Crippen molar-refractivity contribution in [1.82, 2.24) is 0 Å². The summed E-state index contributed by atoms with van der Waals surface area (Å²) < 4.78 is 0. The zero-order chi connectivity index (χ0) is 20.0. The maximum absolute atomic E-state index is 3.64. The van der Waals surface area contributed by atoms with Crippen molar-refractivity contribution < 1.29 is 51.0 Å². The van der Waals surface area contributed by atoms with Crippen molar-refractivity contribution in [2.45, 2.75) is 115 Å². The van der Waals surface area contributed by atoms with E-state index in [0.717, 1.165) is 0 Å². The molecule has 2 saturated heterocycles. The molecule has 5 heteroatoms. The van der Waals surface area contributed by atoms with Crippen LogP contribution in [-0.4, -0.2) is 16.1 Å². The van der Waals surface area contributed by atoms with E-state index >= 15 is 0 Å². The van der Waals surface area contributed by atoms with Gasteiger partial charge in [-0.25, -0.2) is 22.5 Å². The normalized spacial score (nSPS) is 21.8. The minimum absolute atomic E-state index is 0. The second-order valence-corrected chi connectivity index (χ2v) is 19.1. The molecule has 0 nitrogen and oxygen atoms in total. The van der Waals surface area contributed by atoms with Gasteiger partial charge in [0.1, 0.15) is 0 Å². The Morgan fingerprint density at radius 1 is 0.710 bits per heavy atom. The van der Waals surface area contributed by atoms with Gasteiger partial charge in [-0.2, -0.15) is 11.1 Å². The van der Waals surface area contributed by atoms with E-state index in [2.05, 4.69) is 52.0 Å². The first-order chi connectivity index (χ1) is 13.5. The molecule has 2 fully saturated rings. The SMILES string of the molecule is CCCC[Si]1(C2=CCC(C)=[C-]2)CCC1.CCCC[Si]1(C2=CCC(C)=[C-]2)CCC1.[Cl-].[Cl-].[Zr+4]. The van der Waals surface area contributed by atoms with Crippen LogP contribution in [0.3, 0.4) is 0 Å². The molecule has 4 aliphatic rings. The summed E-state index contributed by atoms with van der Waals surface area (Å²) in [5, 5.41) is 3.38. The second-order valence-electron chi connectivity index (χ2n) is 9.93. The van der Waals surface area contributed by atoms with Gasteiger partial charge in [-0.1, -0.05) is 115 Å². The number of unbranched alkanes of at least 4 members (excludes halogenated alkanes) is 2. The quantitative estimate of drug-likeness (QED) is 0.310. The molecular formula is C26H42Cl2Si2Zr. The fourth-order valence-corrected chi connectivity index (χ4v) is 14.5. The molecule has 0 aromatic rings. The molecule has 0 saturated carbocycles. The third-order valence-electron chi connectivity index (χ3n) is 7.70. The molecule has 31 heavy (non-hydrogen) atoms. The van der Waals surface area contributed by atoms with Gasteiger partial charge in [-0.05, 0) is 0 Å². The smallest absolute Gasteiger partial charge is 1.00 e. The number of rotatable bonds is 8. The molecule has 2 aliphatic heterocycles. The van der Waals surface area contributed by atoms with Crippen molar-refractivity contribution in [3.05, 3.63) is 45.8 Å². The fourth-order valence-electron chi connectivity index (χ4n) is 5.42. The number of hydrogen-bond donors (Lipinski definition) is 0. The Morgan fingerprint density at radius 2 is 1.06 bits per heavy atom. The van der Waals surface area contributed by atoms with E-state index < -0.39 is 16.1 Å². The molecule has 172 valence electrons. The van der Waals surface area contributed by atoms with Gasteiger partial charge in [0.15, 0.2) is 0 Å². The Kier molecular flexibility index (Phi) is 15.4. The van der Waals surface area contributed by atoms with E-state index in [1.807, 2.05) is 0 Å². The molecule has 2 aliphatic carbocycles. The molecule has 0 radical (unpaired) electrons. The molecule has 0 bridgehead atoms. The third kappa shape index (κ3) is 7.95. The summed E-state index contributed by atoms with van der Waals surface area (Å²) in [6, 6.07) is 9.29. The van der Waals surface area contributed by atoms with Crippen LogP contribution in [0.1, 0.15) is 79.1 Å². The van der Waals surface area contributed by atoms with Gasteiger partial charge < -0.3 is 24.8 Å². The second kappa shape index (κ2) is 15.0. The van der Waals surface area contributed by atoms with Gasteiger partial charge in [-0.3, -0.25) is 12.2 Å². The molecule has 0 unspecified atom stereocenters. The molecular weight excluding hydrogens is 531 g/mol. The van der Waals surface area contributed by atoms with Crippen molar-refractivity contribution >= 4 is 16.1 Å². The molecule has 0 atom stereocenters. The Balaban J connectivity index is 0.000000529. The summed E-state index contributed by atoms with van der Waals surface area (Å²) in [6.45, 7) is 9.08. The van der Waals surface area contributed by atoms with Gasteiger partial charge in [-0.15, -0.1) is 0 Å². The summed E-state index contributed by atoms with van der Waals surface area (Å²) in [5.74, 6) is 0. The van der Waals surface area contributed by atoms with Gasteiger partial charge >= 0.3 is 26.2 Å². The third-order valence-corrected chi connectivity index (χ3v) is 18.5. The number of hydrogen-bond acceptors (Lipinski definition) is 0. The minimum atomic E-state index is -0.943. The van der Waals surface area contributed by atoms with Crippen LogP contribution in [0.15, 0.2) is 33.7 Å². The summed E-state index contributed by atoms with van der Waals surface area (Å²) in [4.78, 5) is 0. The van der Waals surface area contributed by atoms with Crippen LogP contribution in [0.4, 0.5) is 0 Å². The van der Waals surface area contributed by atoms with E-state index in [1.54, 1.807) is 34.6 Å². The maximum atomic E-state index is 3.64. The van der Waals surface area contributed by atoms with E-state index in [1.165, 1.54) is 74.6 Å². The molecule has 0 N–H and O–H groups in total. The largest absolute Gasteiger partial charge is 4.00 e. The van der Waals surface area contributed by atoms with Crippen LogP contribution >= 0.6 is 0 Å². The molecule has 0 spiro atoms. The Bertz CT molecular complexity index is 613. The predicted molar refractivity (Wildman–Crippen MR) is 130 cm³/mol. The predicted octanol–water partition coefficient (Wildman–Crippen LogP) is 2.52. The van der Waals surface area contributed by atoms with Crippen LogP contribution in [0.5, 0.6) is 0 Å². The Morgan fingerprint density at radius 3 is 1.26 bits per heavy atom. The zero-order valence-corrected chi connectivity index (χ0v) is 26.3. The summed E-state index contributed by atoms with van der Waals surface area (Å²) >= 11 is 0. The van der Waals surface area contributed by atoms with Crippen molar-refractivity contribution in [2.24, 2.45) is 0 Å². The van der Waals surface area contributed by atoms with Crippen LogP contribution in [0.2, 0.25) is 36.3 Å². The summed E-state index contributed by atoms with van der Waals surface area (Å²) in [6.07, 6.45) is 23.3. The van der Waals surface area contributed by atoms with Crippen molar-refractivity contribution in [2.75, 3.05) is 0 Å². The molecule has 4 rings (SSSR count). The Labute approximate surface area is 226 Å². The first-order valence-corrected chi connectivity index (χ1v) is 17.4. The van der Waals surface area contributed by atoms with E-state index in [-0.39, 0.29) is 51.0 Å². The monoisotopic (exact) mass is 570 g/mol. The van der Waals surface area contributed by atoms with Crippen LogP contribution in [0.25, 0.3) is 0 Å². The van der Waals surface area contributed by atoms with Crippen LogP contribution in [0, 0.1) is 12.2 Å². The van der Waals surface area contributed by atoms with Gasteiger partial charge in [0.05, 0.1) is 0 Å². The van der Waals surface area contributed by atoms with Gasteiger partial charge in [0.25, 0.3) is 0 Å². The molecule has 0 amide bonds. The zero-order valence-electron chi connectivity index (χ0n) is 20.3. The van der Waals surface area contributed by atoms with Crippen molar-refractivity contribution in [3.8, 4) is 0 Å². The number of allylic oxidation sites excluding steroid dienone is 8. The molecule has 0 aromatic heterocycles.